The Kier molecular flexibility index (Phi) is 7.09. The third-order valence-electron chi connectivity index (χ3n) is 5.18. The lowest BCUT2D eigenvalue weighted by molar-refractivity contribution is -0.141. The lowest BCUT2D eigenvalue weighted by Gasteiger charge is -2.11. The molecule has 3 aromatic heterocycles. The number of anilines is 2. The Morgan fingerprint density at radius 2 is 1.70 bits per heavy atom. The number of nitrogens with zero attached hydrogens (tertiary/aromatic N) is 4. The highest BCUT2D eigenvalue weighted by atomic mass is 19.4. The first kappa shape index (κ1) is 25.2. The van der Waals surface area contributed by atoms with Gasteiger partial charge in [-0.25, -0.2) is 19.7 Å². The summed E-state index contributed by atoms with van der Waals surface area (Å²) in [6, 6.07) is 11.9. The van der Waals surface area contributed by atoms with Gasteiger partial charge in [-0.1, -0.05) is 6.07 Å². The summed E-state index contributed by atoms with van der Waals surface area (Å²) in [6.45, 7) is 1.87. The first-order valence-electron chi connectivity index (χ1n) is 10.7. The number of methoxy groups -OCH3 is 1. The Morgan fingerprint density at radius 3 is 2.41 bits per heavy atom. The van der Waals surface area contributed by atoms with Crippen molar-refractivity contribution in [3.05, 3.63) is 83.9 Å². The number of aryl methyl sites for hydroxylation is 1. The van der Waals surface area contributed by atoms with Crippen molar-refractivity contribution in [3.8, 4) is 22.6 Å². The molecular formula is C25H19F3N6O3. The second-order valence-electron chi connectivity index (χ2n) is 7.73. The normalized spacial score (nSPS) is 11.1. The molecule has 0 spiro atoms. The van der Waals surface area contributed by atoms with Crippen LogP contribution in [0.5, 0.6) is 0 Å². The lowest BCUT2D eigenvalue weighted by Crippen LogP contribution is -2.14. The fourth-order valence-corrected chi connectivity index (χ4v) is 3.32. The largest absolute Gasteiger partial charge is 0.453 e. The average molecular weight is 508 g/mol. The van der Waals surface area contributed by atoms with Gasteiger partial charge in [0.25, 0.3) is 5.91 Å². The summed E-state index contributed by atoms with van der Waals surface area (Å²) in [7, 11) is 1.24. The summed E-state index contributed by atoms with van der Waals surface area (Å²) in [5.74, 6) is 0.0244. The first-order chi connectivity index (χ1) is 17.6. The van der Waals surface area contributed by atoms with Crippen LogP contribution in [0.3, 0.4) is 0 Å². The third kappa shape index (κ3) is 6.04. The van der Waals surface area contributed by atoms with Gasteiger partial charge in [-0.2, -0.15) is 13.2 Å². The van der Waals surface area contributed by atoms with Gasteiger partial charge < -0.3 is 10.1 Å². The van der Waals surface area contributed by atoms with E-state index in [2.05, 4.69) is 35.3 Å². The highest BCUT2D eigenvalue weighted by Gasteiger charge is 2.32. The molecule has 0 bridgehead atoms. The minimum Gasteiger partial charge on any atom is -0.453 e. The first-order valence-corrected chi connectivity index (χ1v) is 10.7. The topological polar surface area (TPSA) is 119 Å². The maximum absolute atomic E-state index is 12.7. The van der Waals surface area contributed by atoms with E-state index in [4.69, 9.17) is 0 Å². The zero-order valence-electron chi connectivity index (χ0n) is 19.5. The van der Waals surface area contributed by atoms with Gasteiger partial charge in [0.1, 0.15) is 11.5 Å². The molecule has 3 heterocycles. The molecule has 0 saturated heterocycles. The Hall–Kier alpha value is -4.87. The predicted octanol–water partition coefficient (Wildman–Crippen LogP) is 5.36. The highest BCUT2D eigenvalue weighted by molar-refractivity contribution is 6.04. The van der Waals surface area contributed by atoms with Crippen molar-refractivity contribution in [2.45, 2.75) is 13.1 Å². The zero-order valence-corrected chi connectivity index (χ0v) is 19.5. The van der Waals surface area contributed by atoms with Gasteiger partial charge in [-0.05, 0) is 55.0 Å². The summed E-state index contributed by atoms with van der Waals surface area (Å²) in [4.78, 5) is 40.3. The average Bonchev–Trinajstić information content (AvgIpc) is 2.89. The van der Waals surface area contributed by atoms with E-state index >= 15 is 0 Å². The molecule has 4 rings (SSSR count). The Labute approximate surface area is 208 Å². The van der Waals surface area contributed by atoms with Crippen molar-refractivity contribution in [2.24, 2.45) is 0 Å². The molecule has 0 fully saturated rings. The molecule has 2 N–H and O–H groups in total. The number of carbonyl (C=O) groups excluding carboxylic acids is 2. The fraction of sp³-hybridized carbons (Fsp3) is 0.120. The van der Waals surface area contributed by atoms with Gasteiger partial charge in [0.05, 0.1) is 18.4 Å². The predicted molar refractivity (Wildman–Crippen MR) is 129 cm³/mol. The monoisotopic (exact) mass is 508 g/mol. The van der Waals surface area contributed by atoms with Crippen LogP contribution in [0, 0.1) is 6.92 Å². The van der Waals surface area contributed by atoms with Gasteiger partial charge >= 0.3 is 12.3 Å². The van der Waals surface area contributed by atoms with Crippen LogP contribution >= 0.6 is 0 Å². The van der Waals surface area contributed by atoms with Crippen LogP contribution in [0.25, 0.3) is 22.6 Å². The molecule has 2 amide bonds. The Bertz CT molecular complexity index is 1460. The number of nitrogens with one attached hydrogen (secondary N) is 2. The van der Waals surface area contributed by atoms with E-state index in [0.717, 1.165) is 23.9 Å². The van der Waals surface area contributed by atoms with Crippen molar-refractivity contribution in [1.29, 1.82) is 0 Å². The molecule has 0 aliphatic rings. The van der Waals surface area contributed by atoms with E-state index in [9.17, 15) is 22.8 Å². The molecule has 37 heavy (non-hydrogen) atoms. The van der Waals surface area contributed by atoms with Crippen LogP contribution in [0.15, 0.2) is 67.1 Å². The number of alkyl halides is 3. The van der Waals surface area contributed by atoms with Crippen LogP contribution in [0.4, 0.5) is 29.5 Å². The smallest absolute Gasteiger partial charge is 0.433 e. The molecule has 188 valence electrons. The van der Waals surface area contributed by atoms with Crippen molar-refractivity contribution in [1.82, 2.24) is 19.9 Å². The summed E-state index contributed by atoms with van der Waals surface area (Å²) in [6.07, 6.45) is -1.31. The summed E-state index contributed by atoms with van der Waals surface area (Å²) in [5, 5.41) is 5.15. The van der Waals surface area contributed by atoms with Gasteiger partial charge in [0, 0.05) is 35.4 Å². The van der Waals surface area contributed by atoms with E-state index in [1.165, 1.54) is 13.3 Å². The lowest BCUT2D eigenvalue weighted by atomic mass is 10.0. The van der Waals surface area contributed by atoms with E-state index < -0.39 is 23.9 Å². The minimum atomic E-state index is -4.59. The molecule has 0 atom stereocenters. The summed E-state index contributed by atoms with van der Waals surface area (Å²) in [5.41, 5.74) is 2.04. The number of rotatable bonds is 5. The van der Waals surface area contributed by atoms with Crippen molar-refractivity contribution in [2.75, 3.05) is 17.7 Å². The van der Waals surface area contributed by atoms with Crippen LogP contribution in [-0.4, -0.2) is 39.0 Å². The van der Waals surface area contributed by atoms with Crippen LogP contribution in [-0.2, 0) is 10.9 Å². The number of carbonyl (C=O) groups is 2. The number of ether oxygens (including phenoxy) is 1. The van der Waals surface area contributed by atoms with E-state index in [-0.39, 0.29) is 11.4 Å². The molecule has 0 aliphatic heterocycles. The van der Waals surface area contributed by atoms with E-state index in [0.29, 0.717) is 28.3 Å². The van der Waals surface area contributed by atoms with Crippen molar-refractivity contribution < 1.29 is 27.5 Å². The summed E-state index contributed by atoms with van der Waals surface area (Å²) < 4.78 is 42.8. The number of hydrogen-bond acceptors (Lipinski definition) is 7. The molecule has 12 heteroatoms. The Morgan fingerprint density at radius 1 is 0.919 bits per heavy atom. The highest BCUT2D eigenvalue weighted by Crippen LogP contribution is 2.29. The maximum atomic E-state index is 12.7. The second-order valence-corrected chi connectivity index (χ2v) is 7.73. The fourth-order valence-electron chi connectivity index (χ4n) is 3.32. The molecule has 0 radical (unpaired) electrons. The molecule has 4 aromatic rings. The molecular weight excluding hydrogens is 489 g/mol. The molecule has 1 aromatic carbocycles. The standard InChI is InChI=1S/C25H19F3N6O3/c1-14-3-5-17(32-23(35)16-4-6-20(31-13-16)25(26,27)28)12-18(14)19-8-10-30-22(33-19)15-7-9-29-21(11-15)34-24(36)37-2/h3-13H,1-2H3,(H,32,35)(H,29,34,36). The van der Waals surface area contributed by atoms with Crippen molar-refractivity contribution in [3.63, 3.8) is 0 Å². The van der Waals surface area contributed by atoms with E-state index in [1.807, 2.05) is 6.92 Å². The SMILES string of the molecule is COC(=O)Nc1cc(-c2nccc(-c3cc(NC(=O)c4ccc(C(F)(F)F)nc4)ccc3C)n2)ccn1. The van der Waals surface area contributed by atoms with Crippen LogP contribution < -0.4 is 10.6 Å². The number of aromatic nitrogens is 4. The quantitative estimate of drug-likeness (QED) is 0.373. The molecule has 0 unspecified atom stereocenters. The van der Waals surface area contributed by atoms with Gasteiger partial charge in [-0.3, -0.25) is 15.1 Å². The van der Waals surface area contributed by atoms with Crippen LogP contribution in [0.2, 0.25) is 0 Å². The van der Waals surface area contributed by atoms with Crippen LogP contribution in [0.1, 0.15) is 21.6 Å². The molecule has 0 aliphatic carbocycles. The Balaban J connectivity index is 1.58. The van der Waals surface area contributed by atoms with E-state index in [1.54, 1.807) is 42.6 Å². The van der Waals surface area contributed by atoms with Gasteiger partial charge in [0.2, 0.25) is 0 Å². The zero-order chi connectivity index (χ0) is 26.6. The number of amides is 2. The maximum Gasteiger partial charge on any atom is 0.433 e. The van der Waals surface area contributed by atoms with Gasteiger partial charge in [0.15, 0.2) is 5.82 Å². The third-order valence-corrected chi connectivity index (χ3v) is 5.18. The number of halogens is 3. The van der Waals surface area contributed by atoms with Gasteiger partial charge in [-0.15, -0.1) is 0 Å². The number of benzene rings is 1. The minimum absolute atomic E-state index is 0.0199. The number of hydrogen-bond donors (Lipinski definition) is 2. The van der Waals surface area contributed by atoms with Crippen molar-refractivity contribution >= 4 is 23.5 Å². The molecule has 0 saturated carbocycles. The summed E-state index contributed by atoms with van der Waals surface area (Å²) >= 11 is 0. The molecule has 9 nitrogen and oxygen atoms in total. The number of pyridine rings is 2. The second kappa shape index (κ2) is 10.4.